The molecule has 1 heterocycles. The number of carbonyl (C=O) groups excluding carboxylic acids is 1. The Morgan fingerprint density at radius 3 is 2.39 bits per heavy atom. The van der Waals surface area contributed by atoms with Crippen molar-refractivity contribution in [1.29, 1.82) is 0 Å². The molecule has 1 aliphatic rings. The first kappa shape index (κ1) is 25.6. The van der Waals surface area contributed by atoms with E-state index < -0.39 is 21.5 Å². The van der Waals surface area contributed by atoms with Crippen LogP contribution in [-0.4, -0.2) is 33.1 Å². The van der Waals surface area contributed by atoms with Gasteiger partial charge in [-0.1, -0.05) is 35.9 Å². The minimum atomic E-state index is -4.03. The molecule has 3 aromatic carbocycles. The van der Waals surface area contributed by atoms with Crippen molar-refractivity contribution in [3.63, 3.8) is 0 Å². The zero-order chi connectivity index (χ0) is 25.9. The van der Waals surface area contributed by atoms with Crippen LogP contribution in [0.4, 0.5) is 5.69 Å². The highest BCUT2D eigenvalue weighted by Gasteiger charge is 2.35. The largest absolute Gasteiger partial charge is 0.494 e. The lowest BCUT2D eigenvalue weighted by atomic mass is 9.89. The minimum absolute atomic E-state index is 0.0804. The van der Waals surface area contributed by atoms with E-state index in [1.54, 1.807) is 24.3 Å². The van der Waals surface area contributed by atoms with Gasteiger partial charge in [-0.2, -0.15) is 0 Å². The topological polar surface area (TPSA) is 84.9 Å². The maximum atomic E-state index is 13.7. The maximum Gasteiger partial charge on any atom is 0.264 e. The first-order valence-electron chi connectivity index (χ1n) is 12.0. The number of ether oxygens (including phenoxy) is 2. The van der Waals surface area contributed by atoms with Crippen LogP contribution in [0.3, 0.4) is 0 Å². The molecule has 0 aliphatic carbocycles. The van der Waals surface area contributed by atoms with Gasteiger partial charge in [0.05, 0.1) is 23.2 Å². The number of nitrogens with zero attached hydrogens (tertiary/aromatic N) is 1. The number of sulfonamides is 1. The lowest BCUT2D eigenvalue weighted by Gasteiger charge is -2.38. The smallest absolute Gasteiger partial charge is 0.264 e. The Morgan fingerprint density at radius 1 is 1.06 bits per heavy atom. The van der Waals surface area contributed by atoms with Gasteiger partial charge in [0, 0.05) is 12.0 Å². The summed E-state index contributed by atoms with van der Waals surface area (Å²) in [4.78, 5) is 13.4. The summed E-state index contributed by atoms with van der Waals surface area (Å²) < 4.78 is 40.1. The van der Waals surface area contributed by atoms with Gasteiger partial charge in [0.2, 0.25) is 5.91 Å². The molecule has 0 aromatic heterocycles. The second-order valence-corrected chi connectivity index (χ2v) is 11.3. The van der Waals surface area contributed by atoms with Crippen molar-refractivity contribution in [2.45, 2.75) is 50.7 Å². The summed E-state index contributed by atoms with van der Waals surface area (Å²) in [6.07, 6.45) is 0.561. The van der Waals surface area contributed by atoms with E-state index in [4.69, 9.17) is 9.47 Å². The third-order valence-corrected chi connectivity index (χ3v) is 7.83. The summed E-state index contributed by atoms with van der Waals surface area (Å²) in [6, 6.07) is 20.6. The van der Waals surface area contributed by atoms with Gasteiger partial charge in [-0.05, 0) is 70.2 Å². The number of fused-ring (bicyclic) bond motifs is 1. The van der Waals surface area contributed by atoms with Gasteiger partial charge in [-0.3, -0.25) is 9.10 Å². The van der Waals surface area contributed by atoms with Gasteiger partial charge in [0.15, 0.2) is 0 Å². The second-order valence-electron chi connectivity index (χ2n) is 9.48. The fourth-order valence-corrected chi connectivity index (χ4v) is 5.75. The average Bonchev–Trinajstić information content (AvgIpc) is 2.83. The molecule has 8 heteroatoms. The molecule has 1 unspecified atom stereocenters. The molecule has 0 saturated carbocycles. The van der Waals surface area contributed by atoms with Crippen molar-refractivity contribution in [3.8, 4) is 11.5 Å². The molecule has 4 rings (SSSR count). The Morgan fingerprint density at radius 2 is 1.72 bits per heavy atom. The van der Waals surface area contributed by atoms with Gasteiger partial charge in [0.25, 0.3) is 10.0 Å². The van der Waals surface area contributed by atoms with Crippen LogP contribution in [0.25, 0.3) is 0 Å². The third-order valence-electron chi connectivity index (χ3n) is 6.04. The van der Waals surface area contributed by atoms with E-state index in [9.17, 15) is 13.2 Å². The number of hydrogen-bond acceptors (Lipinski definition) is 5. The second kappa shape index (κ2) is 10.2. The van der Waals surface area contributed by atoms with Crippen LogP contribution in [-0.2, 0) is 14.8 Å². The summed E-state index contributed by atoms with van der Waals surface area (Å²) in [7, 11) is -4.03. The van der Waals surface area contributed by atoms with Crippen molar-refractivity contribution >= 4 is 21.6 Å². The predicted molar refractivity (Wildman–Crippen MR) is 140 cm³/mol. The van der Waals surface area contributed by atoms with Crippen molar-refractivity contribution < 1.29 is 22.7 Å². The number of rotatable bonds is 8. The van der Waals surface area contributed by atoms with Gasteiger partial charge < -0.3 is 14.8 Å². The lowest BCUT2D eigenvalue weighted by Crippen LogP contribution is -2.45. The highest BCUT2D eigenvalue weighted by atomic mass is 32.2. The fraction of sp³-hybridized carbons (Fsp3) is 0.321. The Hall–Kier alpha value is -3.52. The van der Waals surface area contributed by atoms with Crippen molar-refractivity contribution in [2.24, 2.45) is 0 Å². The average molecular weight is 509 g/mol. The highest BCUT2D eigenvalue weighted by molar-refractivity contribution is 7.92. The van der Waals surface area contributed by atoms with E-state index in [1.807, 2.05) is 64.1 Å². The van der Waals surface area contributed by atoms with E-state index in [1.165, 1.54) is 12.1 Å². The van der Waals surface area contributed by atoms with Crippen molar-refractivity contribution in [2.75, 3.05) is 17.5 Å². The first-order valence-corrected chi connectivity index (χ1v) is 13.4. The molecule has 1 aliphatic heterocycles. The molecule has 7 nitrogen and oxygen atoms in total. The van der Waals surface area contributed by atoms with Crippen molar-refractivity contribution in [3.05, 3.63) is 83.9 Å². The van der Waals surface area contributed by atoms with Crippen LogP contribution in [0.1, 0.15) is 44.4 Å². The van der Waals surface area contributed by atoms with Crippen molar-refractivity contribution in [1.82, 2.24) is 5.32 Å². The van der Waals surface area contributed by atoms with Crippen LogP contribution in [0.2, 0.25) is 0 Å². The van der Waals surface area contributed by atoms with E-state index >= 15 is 0 Å². The molecule has 1 atom stereocenters. The normalized spacial score (nSPS) is 16.4. The zero-order valence-corrected chi connectivity index (χ0v) is 21.8. The highest BCUT2D eigenvalue weighted by Crippen LogP contribution is 2.39. The molecule has 190 valence electrons. The Labute approximate surface area is 213 Å². The van der Waals surface area contributed by atoms with E-state index in [-0.39, 0.29) is 17.5 Å². The number of amides is 1. The van der Waals surface area contributed by atoms with Gasteiger partial charge in [-0.25, -0.2) is 8.42 Å². The molecule has 36 heavy (non-hydrogen) atoms. The lowest BCUT2D eigenvalue weighted by molar-refractivity contribution is -0.120. The number of aryl methyl sites for hydroxylation is 1. The SMILES string of the molecule is CCOc1ccc(S(=O)(=O)N(CC(=O)NC2CC(C)(C)Oc3ccccc32)c2ccc(C)cc2)cc1. The number of anilines is 1. The molecule has 1 N–H and O–H groups in total. The summed E-state index contributed by atoms with van der Waals surface area (Å²) in [5, 5.41) is 3.05. The minimum Gasteiger partial charge on any atom is -0.494 e. The van der Waals surface area contributed by atoms with Gasteiger partial charge in [0.1, 0.15) is 23.6 Å². The van der Waals surface area contributed by atoms with Crippen LogP contribution in [0.5, 0.6) is 11.5 Å². The number of para-hydroxylation sites is 1. The van der Waals surface area contributed by atoms with E-state index in [0.29, 0.717) is 24.5 Å². The Kier molecular flexibility index (Phi) is 7.26. The van der Waals surface area contributed by atoms with Crippen LogP contribution < -0.4 is 19.1 Å². The van der Waals surface area contributed by atoms with E-state index in [2.05, 4.69) is 5.32 Å². The summed E-state index contributed by atoms with van der Waals surface area (Å²) >= 11 is 0. The number of nitrogens with one attached hydrogen (secondary N) is 1. The third kappa shape index (κ3) is 5.65. The number of benzene rings is 3. The molecule has 3 aromatic rings. The van der Waals surface area contributed by atoms with Crippen LogP contribution >= 0.6 is 0 Å². The molecule has 0 radical (unpaired) electrons. The molecule has 0 fully saturated rings. The number of carbonyl (C=O) groups is 1. The molecule has 0 saturated heterocycles. The van der Waals surface area contributed by atoms with Gasteiger partial charge in [-0.15, -0.1) is 0 Å². The first-order chi connectivity index (χ1) is 17.1. The quantitative estimate of drug-likeness (QED) is 0.463. The van der Waals surface area contributed by atoms with Gasteiger partial charge >= 0.3 is 0 Å². The predicted octanol–water partition coefficient (Wildman–Crippen LogP) is 5.01. The van der Waals surface area contributed by atoms with Crippen LogP contribution in [0, 0.1) is 6.92 Å². The standard InChI is InChI=1S/C28H32N2O5S/c1-5-34-22-14-16-23(17-15-22)36(32,33)30(21-12-10-20(2)11-13-21)19-27(31)29-25-18-28(3,4)35-26-9-7-6-8-24(25)26/h6-17,25H,5,18-19H2,1-4H3,(H,29,31). The molecule has 0 spiro atoms. The molecule has 1 amide bonds. The summed E-state index contributed by atoms with van der Waals surface area (Å²) in [5.74, 6) is 0.899. The Bertz CT molecular complexity index is 1320. The van der Waals surface area contributed by atoms with Crippen LogP contribution in [0.15, 0.2) is 77.7 Å². The fourth-order valence-electron chi connectivity index (χ4n) is 4.33. The zero-order valence-electron chi connectivity index (χ0n) is 21.0. The summed E-state index contributed by atoms with van der Waals surface area (Å²) in [6.45, 7) is 7.84. The monoisotopic (exact) mass is 508 g/mol. The molecule has 0 bridgehead atoms. The van der Waals surface area contributed by atoms with E-state index in [0.717, 1.165) is 21.2 Å². The molecular weight excluding hydrogens is 476 g/mol. The number of hydrogen-bond donors (Lipinski definition) is 1. The Balaban J connectivity index is 1.62. The maximum absolute atomic E-state index is 13.7. The molecular formula is C28H32N2O5S. The summed E-state index contributed by atoms with van der Waals surface area (Å²) in [5.41, 5.74) is 1.80.